The van der Waals surface area contributed by atoms with Crippen molar-refractivity contribution in [2.24, 2.45) is 5.73 Å². The van der Waals surface area contributed by atoms with E-state index in [4.69, 9.17) is 11.1 Å². The first-order valence-electron chi connectivity index (χ1n) is 4.61. The number of hydrogen-bond donors (Lipinski definition) is 3. The maximum atomic E-state index is 11.1. The quantitative estimate of drug-likeness (QED) is 0.228. The number of rotatable bonds is 5. The molecule has 0 fully saturated rings. The third-order valence-corrected chi connectivity index (χ3v) is 2.64. The third kappa shape index (κ3) is 4.64. The molecule has 1 aromatic rings. The highest BCUT2D eigenvalue weighted by Gasteiger charge is 1.99. The molecule has 5 nitrogen and oxygen atoms in total. The SMILES string of the molecule is Cc1cc(=O)[nH]c(SCCCC(=N)N)n1. The number of nitrogens with one attached hydrogen (secondary N) is 2. The molecule has 0 amide bonds. The molecule has 82 valence electrons. The van der Waals surface area contributed by atoms with Gasteiger partial charge in [0.2, 0.25) is 0 Å². The minimum absolute atomic E-state index is 0.128. The molecule has 0 spiro atoms. The second-order valence-electron chi connectivity index (χ2n) is 3.17. The fourth-order valence-electron chi connectivity index (χ4n) is 1.05. The molecule has 0 aliphatic carbocycles. The predicted octanol–water partition coefficient (Wildman–Crippen LogP) is 0.887. The standard InChI is InChI=1S/C9H14N4OS/c1-6-5-8(14)13-9(12-6)15-4-2-3-7(10)11/h5H,2-4H2,1H3,(H3,10,11)(H,12,13,14). The lowest BCUT2D eigenvalue weighted by atomic mass is 10.3. The number of nitrogens with zero attached hydrogens (tertiary/aromatic N) is 1. The number of aromatic amines is 1. The molecule has 0 aromatic carbocycles. The molecule has 0 unspecified atom stereocenters. The molecule has 15 heavy (non-hydrogen) atoms. The van der Waals surface area contributed by atoms with Crippen molar-refractivity contribution < 1.29 is 0 Å². The van der Waals surface area contributed by atoms with Gasteiger partial charge in [-0.25, -0.2) is 4.98 Å². The number of aryl methyl sites for hydroxylation is 1. The van der Waals surface area contributed by atoms with Crippen LogP contribution in [0.5, 0.6) is 0 Å². The largest absolute Gasteiger partial charge is 0.388 e. The molecule has 0 aliphatic rings. The summed E-state index contributed by atoms with van der Waals surface area (Å²) in [7, 11) is 0. The smallest absolute Gasteiger partial charge is 0.251 e. The average Bonchev–Trinajstić information content (AvgIpc) is 2.10. The van der Waals surface area contributed by atoms with Crippen molar-refractivity contribution >= 4 is 17.6 Å². The van der Waals surface area contributed by atoms with Crippen LogP contribution in [0.2, 0.25) is 0 Å². The Kier molecular flexibility index (Phi) is 4.36. The molecule has 1 rings (SSSR count). The zero-order valence-corrected chi connectivity index (χ0v) is 9.36. The van der Waals surface area contributed by atoms with E-state index in [-0.39, 0.29) is 11.4 Å². The Balaban J connectivity index is 2.44. The van der Waals surface area contributed by atoms with Gasteiger partial charge < -0.3 is 10.7 Å². The zero-order valence-electron chi connectivity index (χ0n) is 8.54. The molecule has 6 heteroatoms. The molecule has 1 aromatic heterocycles. The van der Waals surface area contributed by atoms with E-state index < -0.39 is 0 Å². The minimum Gasteiger partial charge on any atom is -0.388 e. The van der Waals surface area contributed by atoms with Gasteiger partial charge >= 0.3 is 0 Å². The predicted molar refractivity (Wildman–Crippen MR) is 61.5 cm³/mol. The van der Waals surface area contributed by atoms with E-state index in [0.29, 0.717) is 17.3 Å². The first-order chi connectivity index (χ1) is 7.08. The van der Waals surface area contributed by atoms with E-state index in [1.807, 2.05) is 0 Å². The lowest BCUT2D eigenvalue weighted by Crippen LogP contribution is -2.10. The van der Waals surface area contributed by atoms with Crippen LogP contribution < -0.4 is 11.3 Å². The van der Waals surface area contributed by atoms with Gasteiger partial charge in [0.05, 0.1) is 5.84 Å². The minimum atomic E-state index is -0.128. The number of amidine groups is 1. The van der Waals surface area contributed by atoms with Crippen LogP contribution in [0.25, 0.3) is 0 Å². The summed E-state index contributed by atoms with van der Waals surface area (Å²) in [5, 5.41) is 7.67. The normalized spacial score (nSPS) is 10.2. The number of nitrogens with two attached hydrogens (primary N) is 1. The van der Waals surface area contributed by atoms with Gasteiger partial charge in [0.1, 0.15) is 0 Å². The van der Waals surface area contributed by atoms with Crippen molar-refractivity contribution in [1.82, 2.24) is 9.97 Å². The Morgan fingerprint density at radius 2 is 2.47 bits per heavy atom. The molecule has 0 aliphatic heterocycles. The van der Waals surface area contributed by atoms with Gasteiger partial charge in [-0.15, -0.1) is 0 Å². The van der Waals surface area contributed by atoms with Crippen molar-refractivity contribution in [3.05, 3.63) is 22.1 Å². The Hall–Kier alpha value is -1.30. The third-order valence-electron chi connectivity index (χ3n) is 1.68. The first kappa shape index (κ1) is 11.8. The fraction of sp³-hybridized carbons (Fsp3) is 0.444. The average molecular weight is 226 g/mol. The Bertz CT molecular complexity index is 401. The van der Waals surface area contributed by atoms with Crippen molar-refractivity contribution in [3.8, 4) is 0 Å². The number of hydrogen-bond acceptors (Lipinski definition) is 4. The van der Waals surface area contributed by atoms with Crippen LogP contribution in [0.3, 0.4) is 0 Å². The van der Waals surface area contributed by atoms with Gasteiger partial charge in [-0.3, -0.25) is 10.2 Å². The number of H-pyrrole nitrogens is 1. The summed E-state index contributed by atoms with van der Waals surface area (Å²) >= 11 is 1.47. The van der Waals surface area contributed by atoms with E-state index >= 15 is 0 Å². The lowest BCUT2D eigenvalue weighted by molar-refractivity contribution is 0.898. The van der Waals surface area contributed by atoms with E-state index in [0.717, 1.165) is 12.2 Å². The van der Waals surface area contributed by atoms with E-state index in [9.17, 15) is 4.79 Å². The van der Waals surface area contributed by atoms with Crippen LogP contribution in [0.4, 0.5) is 0 Å². The van der Waals surface area contributed by atoms with Crippen LogP contribution in [0, 0.1) is 12.3 Å². The van der Waals surface area contributed by atoms with Gasteiger partial charge in [0, 0.05) is 23.9 Å². The first-order valence-corrected chi connectivity index (χ1v) is 5.60. The molecule has 0 radical (unpaired) electrons. The van der Waals surface area contributed by atoms with Gasteiger partial charge in [-0.05, 0) is 13.3 Å². The van der Waals surface area contributed by atoms with Crippen LogP contribution in [-0.4, -0.2) is 21.6 Å². The topological polar surface area (TPSA) is 95.6 Å². The molecule has 4 N–H and O–H groups in total. The van der Waals surface area contributed by atoms with Crippen molar-refractivity contribution in [2.45, 2.75) is 24.9 Å². The van der Waals surface area contributed by atoms with Crippen LogP contribution in [0.1, 0.15) is 18.5 Å². The van der Waals surface area contributed by atoms with E-state index in [1.165, 1.54) is 17.8 Å². The molecular formula is C9H14N4OS. The molecule has 0 bridgehead atoms. The summed E-state index contributed by atoms with van der Waals surface area (Å²) in [5.74, 6) is 0.993. The van der Waals surface area contributed by atoms with Crippen LogP contribution in [0.15, 0.2) is 16.0 Å². The fourth-order valence-corrected chi connectivity index (χ4v) is 1.91. The highest BCUT2D eigenvalue weighted by molar-refractivity contribution is 7.99. The van der Waals surface area contributed by atoms with Gasteiger partial charge in [0.15, 0.2) is 5.16 Å². The summed E-state index contributed by atoms with van der Waals surface area (Å²) in [6, 6.07) is 1.46. The Morgan fingerprint density at radius 1 is 1.73 bits per heavy atom. The van der Waals surface area contributed by atoms with E-state index in [2.05, 4.69) is 9.97 Å². The molecule has 0 saturated carbocycles. The monoisotopic (exact) mass is 226 g/mol. The number of aromatic nitrogens is 2. The molecule has 0 atom stereocenters. The van der Waals surface area contributed by atoms with Crippen LogP contribution >= 0.6 is 11.8 Å². The lowest BCUT2D eigenvalue weighted by Gasteiger charge is -2.00. The van der Waals surface area contributed by atoms with E-state index in [1.54, 1.807) is 6.92 Å². The molecule has 1 heterocycles. The maximum absolute atomic E-state index is 11.1. The second-order valence-corrected chi connectivity index (χ2v) is 4.25. The maximum Gasteiger partial charge on any atom is 0.251 e. The summed E-state index contributed by atoms with van der Waals surface area (Å²) in [6.07, 6.45) is 1.40. The van der Waals surface area contributed by atoms with Gasteiger partial charge in [-0.1, -0.05) is 11.8 Å². The summed E-state index contributed by atoms with van der Waals surface area (Å²) in [4.78, 5) is 17.9. The van der Waals surface area contributed by atoms with Crippen molar-refractivity contribution in [3.63, 3.8) is 0 Å². The van der Waals surface area contributed by atoms with Crippen LogP contribution in [-0.2, 0) is 0 Å². The highest BCUT2D eigenvalue weighted by atomic mass is 32.2. The Labute approximate surface area is 92.0 Å². The summed E-state index contributed by atoms with van der Waals surface area (Å²) in [5.41, 5.74) is 5.81. The van der Waals surface area contributed by atoms with Gasteiger partial charge in [-0.2, -0.15) is 0 Å². The van der Waals surface area contributed by atoms with Crippen molar-refractivity contribution in [2.75, 3.05) is 5.75 Å². The van der Waals surface area contributed by atoms with Crippen molar-refractivity contribution in [1.29, 1.82) is 5.41 Å². The molecular weight excluding hydrogens is 212 g/mol. The van der Waals surface area contributed by atoms with Gasteiger partial charge in [0.25, 0.3) is 5.56 Å². The summed E-state index contributed by atoms with van der Waals surface area (Å²) < 4.78 is 0. The Morgan fingerprint density at radius 3 is 3.07 bits per heavy atom. The molecule has 0 saturated heterocycles. The second kappa shape index (κ2) is 5.55. The zero-order chi connectivity index (χ0) is 11.3. The highest BCUT2D eigenvalue weighted by Crippen LogP contribution is 2.12. The number of thioether (sulfide) groups is 1. The summed E-state index contributed by atoms with van der Waals surface area (Å²) in [6.45, 7) is 1.79.